The molecular formula is C11H13NO3S. The molecule has 1 aromatic heterocycles. The molecule has 1 saturated carbocycles. The number of rotatable bonds is 5. The van der Waals surface area contributed by atoms with Crippen LogP contribution in [-0.4, -0.2) is 24.5 Å². The monoisotopic (exact) mass is 239 g/mol. The van der Waals surface area contributed by atoms with Crippen LogP contribution < -0.4 is 5.32 Å². The maximum absolute atomic E-state index is 11.3. The van der Waals surface area contributed by atoms with Gasteiger partial charge in [-0.2, -0.15) is 0 Å². The molecule has 0 unspecified atom stereocenters. The second-order valence-corrected chi connectivity index (χ2v) is 4.79. The van der Waals surface area contributed by atoms with E-state index < -0.39 is 0 Å². The summed E-state index contributed by atoms with van der Waals surface area (Å²) in [6, 6.07) is 4.06. The molecule has 5 heteroatoms. The maximum Gasteiger partial charge on any atom is 0.311 e. The molecule has 0 aromatic carbocycles. The van der Waals surface area contributed by atoms with Crippen molar-refractivity contribution in [2.24, 2.45) is 0 Å². The predicted octanol–water partition coefficient (Wildman–Crippen LogP) is 1.11. The minimum Gasteiger partial charge on any atom is -0.455 e. The Kier molecular flexibility index (Phi) is 3.56. The molecule has 0 saturated heterocycles. The maximum atomic E-state index is 11.3. The van der Waals surface area contributed by atoms with E-state index in [1.165, 1.54) is 11.3 Å². The highest BCUT2D eigenvalue weighted by Crippen LogP contribution is 2.18. The topological polar surface area (TPSA) is 55.4 Å². The van der Waals surface area contributed by atoms with E-state index in [2.05, 4.69) is 5.32 Å². The Morgan fingerprint density at radius 3 is 2.94 bits per heavy atom. The lowest BCUT2D eigenvalue weighted by Gasteiger charge is -2.04. The number of nitrogens with one attached hydrogen (secondary N) is 1. The highest BCUT2D eigenvalue weighted by Gasteiger charge is 2.23. The number of hydrogen-bond acceptors (Lipinski definition) is 4. The zero-order chi connectivity index (χ0) is 11.4. The molecule has 1 aliphatic rings. The molecule has 0 aliphatic heterocycles. The van der Waals surface area contributed by atoms with Gasteiger partial charge in [0.1, 0.15) is 0 Å². The van der Waals surface area contributed by atoms with Gasteiger partial charge in [-0.15, -0.1) is 11.3 Å². The van der Waals surface area contributed by atoms with Crippen molar-refractivity contribution in [2.75, 3.05) is 6.61 Å². The van der Waals surface area contributed by atoms with Gasteiger partial charge in [-0.05, 0) is 24.3 Å². The molecule has 1 aliphatic carbocycles. The number of carbonyl (C=O) groups is 2. The first-order valence-corrected chi connectivity index (χ1v) is 6.09. The van der Waals surface area contributed by atoms with Gasteiger partial charge in [-0.3, -0.25) is 9.59 Å². The van der Waals surface area contributed by atoms with Crippen molar-refractivity contribution >= 4 is 23.2 Å². The quantitative estimate of drug-likeness (QED) is 0.783. The molecule has 0 spiro atoms. The summed E-state index contributed by atoms with van der Waals surface area (Å²) < 4.78 is 4.86. The Bertz CT molecular complexity index is 371. The number of thiophene rings is 1. The van der Waals surface area contributed by atoms with Gasteiger partial charge in [-0.25, -0.2) is 0 Å². The minimum absolute atomic E-state index is 0.166. The molecule has 1 aromatic rings. The van der Waals surface area contributed by atoms with Crippen molar-refractivity contribution in [2.45, 2.75) is 25.3 Å². The summed E-state index contributed by atoms with van der Waals surface area (Å²) in [6.45, 7) is -0.166. The summed E-state index contributed by atoms with van der Waals surface area (Å²) in [7, 11) is 0. The highest BCUT2D eigenvalue weighted by atomic mass is 32.1. The summed E-state index contributed by atoms with van der Waals surface area (Å²) in [6.07, 6.45) is 2.32. The zero-order valence-electron chi connectivity index (χ0n) is 8.77. The summed E-state index contributed by atoms with van der Waals surface area (Å²) in [5, 5.41) is 4.66. The van der Waals surface area contributed by atoms with Crippen molar-refractivity contribution in [3.63, 3.8) is 0 Å². The number of hydrogen-bond donors (Lipinski definition) is 1. The first-order chi connectivity index (χ1) is 7.74. The average Bonchev–Trinajstić information content (AvgIpc) is 2.91. The normalized spacial score (nSPS) is 14.5. The molecule has 2 rings (SSSR count). The van der Waals surface area contributed by atoms with Crippen LogP contribution in [0, 0.1) is 0 Å². The van der Waals surface area contributed by atoms with Gasteiger partial charge in [0, 0.05) is 10.9 Å². The number of amides is 1. The highest BCUT2D eigenvalue weighted by molar-refractivity contribution is 7.10. The van der Waals surface area contributed by atoms with Gasteiger partial charge in [-0.1, -0.05) is 6.07 Å². The third-order valence-electron chi connectivity index (χ3n) is 2.21. The van der Waals surface area contributed by atoms with Crippen molar-refractivity contribution < 1.29 is 14.3 Å². The van der Waals surface area contributed by atoms with Crippen molar-refractivity contribution in [1.82, 2.24) is 5.32 Å². The lowest BCUT2D eigenvalue weighted by Crippen LogP contribution is -2.30. The van der Waals surface area contributed by atoms with Crippen molar-refractivity contribution in [3.05, 3.63) is 22.4 Å². The molecule has 86 valence electrons. The van der Waals surface area contributed by atoms with Crippen LogP contribution in [0.2, 0.25) is 0 Å². The van der Waals surface area contributed by atoms with E-state index >= 15 is 0 Å². The lowest BCUT2D eigenvalue weighted by molar-refractivity contribution is -0.147. The van der Waals surface area contributed by atoms with E-state index in [-0.39, 0.29) is 24.9 Å². The van der Waals surface area contributed by atoms with Crippen LogP contribution in [0.25, 0.3) is 0 Å². The number of esters is 1. The molecule has 0 bridgehead atoms. The Hall–Kier alpha value is -1.36. The smallest absolute Gasteiger partial charge is 0.311 e. The summed E-state index contributed by atoms with van der Waals surface area (Å²) in [5.74, 6) is -0.560. The summed E-state index contributed by atoms with van der Waals surface area (Å²) in [4.78, 5) is 23.5. The van der Waals surface area contributed by atoms with Crippen LogP contribution in [0.4, 0.5) is 0 Å². The fraction of sp³-hybridized carbons (Fsp3) is 0.455. The fourth-order valence-electron chi connectivity index (χ4n) is 1.25. The van der Waals surface area contributed by atoms with Crippen LogP contribution in [0.5, 0.6) is 0 Å². The Morgan fingerprint density at radius 2 is 2.31 bits per heavy atom. The largest absolute Gasteiger partial charge is 0.455 e. The summed E-state index contributed by atoms with van der Waals surface area (Å²) >= 11 is 1.50. The zero-order valence-corrected chi connectivity index (χ0v) is 9.59. The van der Waals surface area contributed by atoms with E-state index in [1.807, 2.05) is 17.5 Å². The van der Waals surface area contributed by atoms with Gasteiger partial charge in [0.25, 0.3) is 5.91 Å². The molecule has 1 heterocycles. The van der Waals surface area contributed by atoms with Crippen molar-refractivity contribution in [1.29, 1.82) is 0 Å². The van der Waals surface area contributed by atoms with E-state index in [1.54, 1.807) is 0 Å². The van der Waals surface area contributed by atoms with Crippen LogP contribution >= 0.6 is 11.3 Å². The second kappa shape index (κ2) is 5.12. The van der Waals surface area contributed by atoms with E-state index in [0.717, 1.165) is 17.7 Å². The standard InChI is InChI=1S/C11H13NO3S/c13-10(12-8-3-4-8)7-15-11(14)6-9-2-1-5-16-9/h1-2,5,8H,3-4,6-7H2,(H,12,13). The Morgan fingerprint density at radius 1 is 1.50 bits per heavy atom. The SMILES string of the molecule is O=C(COC(=O)Cc1cccs1)NC1CC1. The first kappa shape index (κ1) is 11.1. The first-order valence-electron chi connectivity index (χ1n) is 5.21. The van der Waals surface area contributed by atoms with Crippen LogP contribution in [0.3, 0.4) is 0 Å². The van der Waals surface area contributed by atoms with Gasteiger partial charge < -0.3 is 10.1 Å². The van der Waals surface area contributed by atoms with Gasteiger partial charge in [0.15, 0.2) is 6.61 Å². The molecule has 0 radical (unpaired) electrons. The van der Waals surface area contributed by atoms with Crippen LogP contribution in [0.15, 0.2) is 17.5 Å². The number of ether oxygens (including phenoxy) is 1. The molecular weight excluding hydrogens is 226 g/mol. The van der Waals surface area contributed by atoms with Crippen molar-refractivity contribution in [3.8, 4) is 0 Å². The van der Waals surface area contributed by atoms with Gasteiger partial charge >= 0.3 is 5.97 Å². The molecule has 4 nitrogen and oxygen atoms in total. The molecule has 1 amide bonds. The number of carbonyl (C=O) groups excluding carboxylic acids is 2. The van der Waals surface area contributed by atoms with Crippen LogP contribution in [-0.2, 0) is 20.7 Å². The Labute approximate surface area is 97.6 Å². The lowest BCUT2D eigenvalue weighted by atomic mass is 10.3. The van der Waals surface area contributed by atoms with E-state index in [0.29, 0.717) is 6.04 Å². The molecule has 1 N–H and O–H groups in total. The van der Waals surface area contributed by atoms with E-state index in [9.17, 15) is 9.59 Å². The molecule has 0 atom stereocenters. The minimum atomic E-state index is -0.353. The van der Waals surface area contributed by atoms with Crippen LogP contribution in [0.1, 0.15) is 17.7 Å². The average molecular weight is 239 g/mol. The Balaban J connectivity index is 1.65. The second-order valence-electron chi connectivity index (χ2n) is 3.76. The third kappa shape index (κ3) is 3.66. The fourth-order valence-corrected chi connectivity index (χ4v) is 1.94. The van der Waals surface area contributed by atoms with E-state index in [4.69, 9.17) is 4.74 Å². The summed E-state index contributed by atoms with van der Waals surface area (Å²) in [5.41, 5.74) is 0. The third-order valence-corrected chi connectivity index (χ3v) is 3.08. The van der Waals surface area contributed by atoms with Gasteiger partial charge in [0.2, 0.25) is 0 Å². The molecule has 1 fully saturated rings. The predicted molar refractivity (Wildman–Crippen MR) is 60.1 cm³/mol. The molecule has 16 heavy (non-hydrogen) atoms. The van der Waals surface area contributed by atoms with Gasteiger partial charge in [0.05, 0.1) is 6.42 Å².